The van der Waals surface area contributed by atoms with Crippen molar-refractivity contribution in [3.63, 3.8) is 0 Å². The van der Waals surface area contributed by atoms with Crippen LogP contribution in [0.3, 0.4) is 0 Å². The number of nitrogen functional groups attached to an aromatic ring is 1. The molecule has 90 valence electrons. The van der Waals surface area contributed by atoms with Gasteiger partial charge in [0.05, 0.1) is 19.8 Å². The minimum absolute atomic E-state index is 0.0823. The van der Waals surface area contributed by atoms with Crippen LogP contribution in [0.1, 0.15) is 5.56 Å². The first kappa shape index (κ1) is 13.0. The fraction of sp³-hybridized carbons (Fsp3) is 0.500. The lowest BCUT2D eigenvalue weighted by Crippen LogP contribution is -2.23. The van der Waals surface area contributed by atoms with E-state index in [-0.39, 0.29) is 6.61 Å². The number of hydrogen-bond acceptors (Lipinski definition) is 4. The first-order chi connectivity index (χ1) is 7.72. The predicted molar refractivity (Wildman–Crippen MR) is 65.1 cm³/mol. The van der Waals surface area contributed by atoms with Gasteiger partial charge in [0, 0.05) is 18.8 Å². The number of rotatable bonds is 7. The van der Waals surface area contributed by atoms with Crippen LogP contribution < -0.4 is 5.73 Å². The monoisotopic (exact) mass is 224 g/mol. The maximum absolute atomic E-state index is 8.54. The van der Waals surface area contributed by atoms with Crippen LogP contribution in [0.15, 0.2) is 24.3 Å². The Morgan fingerprint density at radius 2 is 2.19 bits per heavy atom. The van der Waals surface area contributed by atoms with Crippen molar-refractivity contribution >= 4 is 5.69 Å². The maximum atomic E-state index is 8.54. The molecule has 0 radical (unpaired) electrons. The quantitative estimate of drug-likeness (QED) is 0.529. The van der Waals surface area contributed by atoms with Gasteiger partial charge < -0.3 is 15.6 Å². The molecule has 1 rings (SSSR count). The zero-order valence-corrected chi connectivity index (χ0v) is 9.72. The number of ether oxygens (including phenoxy) is 1. The summed E-state index contributed by atoms with van der Waals surface area (Å²) >= 11 is 0. The van der Waals surface area contributed by atoms with Gasteiger partial charge in [-0.3, -0.25) is 4.90 Å². The number of nitrogens with two attached hydrogens (primary N) is 1. The van der Waals surface area contributed by atoms with E-state index in [1.807, 2.05) is 25.2 Å². The summed E-state index contributed by atoms with van der Waals surface area (Å²) in [6.07, 6.45) is 0. The molecule has 0 spiro atoms. The average Bonchev–Trinajstić information content (AvgIpc) is 2.24. The van der Waals surface area contributed by atoms with Gasteiger partial charge in [-0.1, -0.05) is 12.1 Å². The van der Waals surface area contributed by atoms with Crippen LogP contribution in [0.5, 0.6) is 0 Å². The smallest absolute Gasteiger partial charge is 0.0698 e. The van der Waals surface area contributed by atoms with Crippen LogP contribution in [0.4, 0.5) is 5.69 Å². The van der Waals surface area contributed by atoms with Crippen molar-refractivity contribution in [2.75, 3.05) is 39.1 Å². The first-order valence-corrected chi connectivity index (χ1v) is 5.44. The van der Waals surface area contributed by atoms with Crippen molar-refractivity contribution in [2.45, 2.75) is 6.54 Å². The number of hydrogen-bond donors (Lipinski definition) is 2. The third-order valence-electron chi connectivity index (χ3n) is 2.26. The fourth-order valence-electron chi connectivity index (χ4n) is 1.47. The third-order valence-corrected chi connectivity index (χ3v) is 2.26. The standard InChI is InChI=1S/C12H20N2O2/c1-14(5-7-16-8-6-15)10-11-3-2-4-12(13)9-11/h2-4,9,15H,5-8,10,13H2,1H3. The Balaban J connectivity index is 2.25. The van der Waals surface area contributed by atoms with Gasteiger partial charge >= 0.3 is 0 Å². The lowest BCUT2D eigenvalue weighted by molar-refractivity contribution is 0.0773. The second-order valence-corrected chi connectivity index (χ2v) is 3.82. The van der Waals surface area contributed by atoms with Crippen molar-refractivity contribution in [3.8, 4) is 0 Å². The van der Waals surface area contributed by atoms with E-state index in [0.29, 0.717) is 13.2 Å². The lowest BCUT2D eigenvalue weighted by Gasteiger charge is -2.16. The van der Waals surface area contributed by atoms with Crippen molar-refractivity contribution in [1.82, 2.24) is 4.90 Å². The van der Waals surface area contributed by atoms with Crippen molar-refractivity contribution < 1.29 is 9.84 Å². The number of benzene rings is 1. The van der Waals surface area contributed by atoms with Crippen LogP contribution in [0.25, 0.3) is 0 Å². The summed E-state index contributed by atoms with van der Waals surface area (Å²) in [5, 5.41) is 8.54. The molecule has 0 aromatic heterocycles. The summed E-state index contributed by atoms with van der Waals surface area (Å²) in [5.41, 5.74) is 7.70. The number of likely N-dealkylation sites (N-methyl/N-ethyl adjacent to an activating group) is 1. The van der Waals surface area contributed by atoms with E-state index in [0.717, 1.165) is 18.8 Å². The molecule has 0 amide bonds. The Bertz CT molecular complexity index is 305. The van der Waals surface area contributed by atoms with E-state index in [2.05, 4.69) is 11.0 Å². The van der Waals surface area contributed by atoms with Crippen molar-refractivity contribution in [3.05, 3.63) is 29.8 Å². The Morgan fingerprint density at radius 3 is 2.88 bits per heavy atom. The second kappa shape index (κ2) is 7.22. The third kappa shape index (κ3) is 5.11. The highest BCUT2D eigenvalue weighted by molar-refractivity contribution is 5.40. The van der Waals surface area contributed by atoms with Gasteiger partial charge in [-0.2, -0.15) is 0 Å². The van der Waals surface area contributed by atoms with E-state index in [1.54, 1.807) is 0 Å². The highest BCUT2D eigenvalue weighted by Gasteiger charge is 2.00. The van der Waals surface area contributed by atoms with Crippen LogP contribution in [-0.2, 0) is 11.3 Å². The Hall–Kier alpha value is -1.10. The summed E-state index contributed by atoms with van der Waals surface area (Å²) in [4.78, 5) is 2.16. The number of anilines is 1. The summed E-state index contributed by atoms with van der Waals surface area (Å²) in [6, 6.07) is 7.88. The Labute approximate surface area is 96.6 Å². The minimum Gasteiger partial charge on any atom is -0.399 e. The van der Waals surface area contributed by atoms with E-state index < -0.39 is 0 Å². The highest BCUT2D eigenvalue weighted by Crippen LogP contribution is 2.08. The van der Waals surface area contributed by atoms with Gasteiger partial charge in [-0.15, -0.1) is 0 Å². The molecule has 0 heterocycles. The van der Waals surface area contributed by atoms with Gasteiger partial charge in [0.2, 0.25) is 0 Å². The average molecular weight is 224 g/mol. The zero-order chi connectivity index (χ0) is 11.8. The molecule has 4 nitrogen and oxygen atoms in total. The summed E-state index contributed by atoms with van der Waals surface area (Å²) in [6.45, 7) is 2.83. The molecule has 0 saturated heterocycles. The van der Waals surface area contributed by atoms with E-state index in [4.69, 9.17) is 15.6 Å². The molecular formula is C12H20N2O2. The molecule has 0 saturated carbocycles. The first-order valence-electron chi connectivity index (χ1n) is 5.44. The van der Waals surface area contributed by atoms with Crippen LogP contribution in [0.2, 0.25) is 0 Å². The maximum Gasteiger partial charge on any atom is 0.0698 e. The fourth-order valence-corrected chi connectivity index (χ4v) is 1.47. The van der Waals surface area contributed by atoms with Crippen molar-refractivity contribution in [2.24, 2.45) is 0 Å². The SMILES string of the molecule is CN(CCOCCO)Cc1cccc(N)c1. The van der Waals surface area contributed by atoms with Gasteiger partial charge in [0.25, 0.3) is 0 Å². The number of nitrogens with zero attached hydrogens (tertiary/aromatic N) is 1. The van der Waals surface area contributed by atoms with Crippen LogP contribution in [0, 0.1) is 0 Å². The molecular weight excluding hydrogens is 204 g/mol. The van der Waals surface area contributed by atoms with Gasteiger partial charge in [-0.05, 0) is 24.7 Å². The molecule has 3 N–H and O–H groups in total. The molecule has 0 aliphatic rings. The van der Waals surface area contributed by atoms with E-state index in [9.17, 15) is 0 Å². The molecule has 0 bridgehead atoms. The molecule has 0 aliphatic heterocycles. The Morgan fingerprint density at radius 1 is 1.38 bits per heavy atom. The van der Waals surface area contributed by atoms with E-state index in [1.165, 1.54) is 5.56 Å². The molecule has 1 aromatic rings. The summed E-state index contributed by atoms with van der Waals surface area (Å²) in [5.74, 6) is 0. The highest BCUT2D eigenvalue weighted by atomic mass is 16.5. The van der Waals surface area contributed by atoms with Crippen LogP contribution >= 0.6 is 0 Å². The molecule has 0 unspecified atom stereocenters. The summed E-state index contributed by atoms with van der Waals surface area (Å²) < 4.78 is 5.20. The normalized spacial score (nSPS) is 10.9. The number of aliphatic hydroxyl groups excluding tert-OH is 1. The van der Waals surface area contributed by atoms with E-state index >= 15 is 0 Å². The van der Waals surface area contributed by atoms with Gasteiger partial charge in [0.15, 0.2) is 0 Å². The molecule has 16 heavy (non-hydrogen) atoms. The zero-order valence-electron chi connectivity index (χ0n) is 9.72. The molecule has 0 aliphatic carbocycles. The van der Waals surface area contributed by atoms with Gasteiger partial charge in [0.1, 0.15) is 0 Å². The molecule has 0 fully saturated rings. The number of aliphatic hydroxyl groups is 1. The molecule has 1 aromatic carbocycles. The largest absolute Gasteiger partial charge is 0.399 e. The topological polar surface area (TPSA) is 58.7 Å². The van der Waals surface area contributed by atoms with Gasteiger partial charge in [-0.25, -0.2) is 0 Å². The van der Waals surface area contributed by atoms with Crippen LogP contribution in [-0.4, -0.2) is 43.4 Å². The Kier molecular flexibility index (Phi) is 5.85. The van der Waals surface area contributed by atoms with Crippen molar-refractivity contribution in [1.29, 1.82) is 0 Å². The molecule has 4 heteroatoms. The second-order valence-electron chi connectivity index (χ2n) is 3.82. The predicted octanol–water partition coefficient (Wildman–Crippen LogP) is 0.709. The lowest BCUT2D eigenvalue weighted by atomic mass is 10.2. The minimum atomic E-state index is 0.0823. The summed E-state index contributed by atoms with van der Waals surface area (Å²) in [7, 11) is 2.03. The molecule has 0 atom stereocenters.